The molecule has 2 aromatic carbocycles. The van der Waals surface area contributed by atoms with Gasteiger partial charge in [0.1, 0.15) is 0 Å². The number of aliphatic hydroxyl groups is 1. The third kappa shape index (κ3) is 5.69. The van der Waals surface area contributed by atoms with Gasteiger partial charge in [0.15, 0.2) is 0 Å². The molecule has 2 atom stereocenters. The molecule has 2 aromatic rings. The lowest BCUT2D eigenvalue weighted by Gasteiger charge is -2.30. The largest absolute Gasteiger partial charge is 0.390 e. The normalized spacial score (nSPS) is 20.4. The predicted molar refractivity (Wildman–Crippen MR) is 117 cm³/mol. The Morgan fingerprint density at radius 2 is 2.07 bits per heavy atom. The second kappa shape index (κ2) is 10.2. The molecule has 0 aromatic heterocycles. The highest BCUT2D eigenvalue weighted by Gasteiger charge is 2.19. The number of fused-ring (bicyclic) bond motifs is 1. The van der Waals surface area contributed by atoms with Crippen LogP contribution in [0, 0.1) is 5.92 Å². The fraction of sp³-hybridized carbons (Fsp3) is 0.480. The highest BCUT2D eigenvalue weighted by Crippen LogP contribution is 2.20. The molecular weight excluding hydrogens is 376 g/mol. The summed E-state index contributed by atoms with van der Waals surface area (Å²) < 4.78 is 5.57. The number of aliphatic hydroxyl groups excluding tert-OH is 1. The molecular formula is C25H32N2O3. The van der Waals surface area contributed by atoms with Gasteiger partial charge < -0.3 is 15.2 Å². The zero-order valence-corrected chi connectivity index (χ0v) is 17.6. The summed E-state index contributed by atoms with van der Waals surface area (Å²) in [4.78, 5) is 14.8. The Morgan fingerprint density at radius 1 is 1.20 bits per heavy atom. The standard InChI is InChI=1S/C25H32N2O3/c28-24(17-27-11-10-21-7-1-2-8-23(21)16-27)15-26-25(29)22-9-3-5-19(14-22)13-20-6-4-12-30-18-20/h1-3,5,7-9,14,20,24,28H,4,6,10-13,15-18H2,(H,26,29). The van der Waals surface area contributed by atoms with E-state index >= 15 is 0 Å². The Labute approximate surface area is 179 Å². The summed E-state index contributed by atoms with van der Waals surface area (Å²) in [5.74, 6) is 0.411. The number of carbonyl (C=O) groups is 1. The van der Waals surface area contributed by atoms with E-state index in [2.05, 4.69) is 40.5 Å². The summed E-state index contributed by atoms with van der Waals surface area (Å²) >= 11 is 0. The summed E-state index contributed by atoms with van der Waals surface area (Å²) in [6, 6.07) is 16.3. The molecule has 30 heavy (non-hydrogen) atoms. The van der Waals surface area contributed by atoms with Crippen LogP contribution in [0.2, 0.25) is 0 Å². The number of nitrogens with zero attached hydrogens (tertiary/aromatic N) is 1. The van der Waals surface area contributed by atoms with E-state index in [1.165, 1.54) is 23.1 Å². The summed E-state index contributed by atoms with van der Waals surface area (Å²) in [6.07, 6.45) is 3.67. The van der Waals surface area contributed by atoms with Gasteiger partial charge in [-0.05, 0) is 60.4 Å². The Hall–Kier alpha value is -2.21. The number of nitrogens with one attached hydrogen (secondary N) is 1. The molecule has 4 rings (SSSR count). The second-order valence-corrected chi connectivity index (χ2v) is 8.61. The highest BCUT2D eigenvalue weighted by atomic mass is 16.5. The van der Waals surface area contributed by atoms with E-state index in [1.807, 2.05) is 18.2 Å². The number of ether oxygens (including phenoxy) is 1. The first-order valence-electron chi connectivity index (χ1n) is 11.1. The molecule has 0 radical (unpaired) electrons. The summed E-state index contributed by atoms with van der Waals surface area (Å²) in [5, 5.41) is 13.3. The van der Waals surface area contributed by atoms with Crippen LogP contribution in [0.3, 0.4) is 0 Å². The molecule has 2 heterocycles. The van der Waals surface area contributed by atoms with Crippen molar-refractivity contribution in [3.8, 4) is 0 Å². The minimum absolute atomic E-state index is 0.125. The molecule has 5 heteroatoms. The van der Waals surface area contributed by atoms with Crippen LogP contribution in [-0.2, 0) is 24.1 Å². The SMILES string of the molecule is O=C(NCC(O)CN1CCc2ccccc2C1)c1cccc(CC2CCCOC2)c1. The molecule has 5 nitrogen and oxygen atoms in total. The van der Waals surface area contributed by atoms with Crippen LogP contribution in [0.4, 0.5) is 0 Å². The van der Waals surface area contributed by atoms with E-state index in [-0.39, 0.29) is 12.5 Å². The quantitative estimate of drug-likeness (QED) is 0.740. The number of rotatable bonds is 7. The average Bonchev–Trinajstić information content (AvgIpc) is 2.78. The minimum atomic E-state index is -0.582. The van der Waals surface area contributed by atoms with Crippen molar-refractivity contribution in [2.75, 3.05) is 32.8 Å². The molecule has 1 saturated heterocycles. The average molecular weight is 409 g/mol. The van der Waals surface area contributed by atoms with Crippen LogP contribution in [0.5, 0.6) is 0 Å². The molecule has 1 fully saturated rings. The Morgan fingerprint density at radius 3 is 2.90 bits per heavy atom. The van der Waals surface area contributed by atoms with E-state index in [1.54, 1.807) is 0 Å². The second-order valence-electron chi connectivity index (χ2n) is 8.61. The van der Waals surface area contributed by atoms with Crippen LogP contribution in [0.15, 0.2) is 48.5 Å². The Balaban J connectivity index is 1.24. The number of β-amino-alcohol motifs (C(OH)–C–C–N with tert-alkyl or cyclic N) is 1. The minimum Gasteiger partial charge on any atom is -0.390 e. The van der Waals surface area contributed by atoms with Crippen LogP contribution < -0.4 is 5.32 Å². The van der Waals surface area contributed by atoms with E-state index in [4.69, 9.17) is 4.74 Å². The van der Waals surface area contributed by atoms with Crippen molar-refractivity contribution in [2.24, 2.45) is 5.92 Å². The molecule has 0 spiro atoms. The van der Waals surface area contributed by atoms with Crippen molar-refractivity contribution in [1.82, 2.24) is 10.2 Å². The van der Waals surface area contributed by atoms with Crippen molar-refractivity contribution in [1.29, 1.82) is 0 Å². The molecule has 2 aliphatic heterocycles. The van der Waals surface area contributed by atoms with Crippen molar-refractivity contribution in [2.45, 2.75) is 38.3 Å². The fourth-order valence-electron chi connectivity index (χ4n) is 4.53. The first-order valence-corrected chi connectivity index (χ1v) is 11.1. The van der Waals surface area contributed by atoms with Gasteiger partial charge in [0.05, 0.1) is 6.10 Å². The van der Waals surface area contributed by atoms with Gasteiger partial charge in [0.2, 0.25) is 0 Å². The van der Waals surface area contributed by atoms with Gasteiger partial charge in [0, 0.05) is 45.0 Å². The van der Waals surface area contributed by atoms with Crippen molar-refractivity contribution in [3.05, 3.63) is 70.8 Å². The van der Waals surface area contributed by atoms with Crippen molar-refractivity contribution in [3.63, 3.8) is 0 Å². The van der Waals surface area contributed by atoms with E-state index in [9.17, 15) is 9.90 Å². The first-order chi connectivity index (χ1) is 14.7. The van der Waals surface area contributed by atoms with Crippen LogP contribution in [0.25, 0.3) is 0 Å². The zero-order chi connectivity index (χ0) is 20.8. The molecule has 0 bridgehead atoms. The van der Waals surface area contributed by atoms with Crippen molar-refractivity contribution >= 4 is 5.91 Å². The molecule has 1 amide bonds. The topological polar surface area (TPSA) is 61.8 Å². The van der Waals surface area contributed by atoms with Crippen LogP contribution in [-0.4, -0.2) is 54.9 Å². The lowest BCUT2D eigenvalue weighted by atomic mass is 9.93. The van der Waals surface area contributed by atoms with E-state index < -0.39 is 6.10 Å². The van der Waals surface area contributed by atoms with Crippen LogP contribution >= 0.6 is 0 Å². The van der Waals surface area contributed by atoms with Gasteiger partial charge in [-0.2, -0.15) is 0 Å². The maximum Gasteiger partial charge on any atom is 0.251 e. The third-order valence-corrected chi connectivity index (χ3v) is 6.15. The number of benzene rings is 2. The van der Waals surface area contributed by atoms with Gasteiger partial charge in [-0.15, -0.1) is 0 Å². The van der Waals surface area contributed by atoms with Gasteiger partial charge in [-0.3, -0.25) is 9.69 Å². The van der Waals surface area contributed by atoms with Gasteiger partial charge in [-0.25, -0.2) is 0 Å². The smallest absolute Gasteiger partial charge is 0.251 e. The van der Waals surface area contributed by atoms with Crippen LogP contribution in [0.1, 0.15) is 39.9 Å². The van der Waals surface area contributed by atoms with Gasteiger partial charge >= 0.3 is 0 Å². The lowest BCUT2D eigenvalue weighted by molar-refractivity contribution is 0.0550. The molecule has 2 unspecified atom stereocenters. The fourth-order valence-corrected chi connectivity index (χ4v) is 4.53. The lowest BCUT2D eigenvalue weighted by Crippen LogP contribution is -2.42. The molecule has 2 aliphatic rings. The number of hydrogen-bond acceptors (Lipinski definition) is 4. The molecule has 0 saturated carbocycles. The molecule has 0 aliphatic carbocycles. The zero-order valence-electron chi connectivity index (χ0n) is 17.6. The van der Waals surface area contributed by atoms with Gasteiger partial charge in [0.25, 0.3) is 5.91 Å². The van der Waals surface area contributed by atoms with Gasteiger partial charge in [-0.1, -0.05) is 36.4 Å². The Bertz CT molecular complexity index is 848. The maximum absolute atomic E-state index is 12.6. The molecule has 2 N–H and O–H groups in total. The summed E-state index contributed by atoms with van der Waals surface area (Å²) in [7, 11) is 0. The number of carbonyl (C=O) groups excluding carboxylic acids is 1. The Kier molecular flexibility index (Phi) is 7.16. The first kappa shape index (κ1) is 21.0. The predicted octanol–water partition coefficient (Wildman–Crippen LogP) is 2.80. The third-order valence-electron chi connectivity index (χ3n) is 6.15. The highest BCUT2D eigenvalue weighted by molar-refractivity contribution is 5.94. The van der Waals surface area contributed by atoms with E-state index in [0.29, 0.717) is 18.0 Å². The maximum atomic E-state index is 12.6. The van der Waals surface area contributed by atoms with Crippen molar-refractivity contribution < 1.29 is 14.6 Å². The summed E-state index contributed by atoms with van der Waals surface area (Å²) in [5.41, 5.74) is 4.56. The number of amides is 1. The molecule has 160 valence electrons. The monoisotopic (exact) mass is 408 g/mol. The van der Waals surface area contributed by atoms with E-state index in [0.717, 1.165) is 45.6 Å². The number of hydrogen-bond donors (Lipinski definition) is 2. The summed E-state index contributed by atoms with van der Waals surface area (Å²) in [6.45, 7) is 4.30.